The molecule has 5 nitrogen and oxygen atoms in total. The molecular formula is C6H10ClN3O2S. The van der Waals surface area contributed by atoms with Gasteiger partial charge in [-0.05, 0) is 6.92 Å². The van der Waals surface area contributed by atoms with Gasteiger partial charge in [-0.2, -0.15) is 5.10 Å². The van der Waals surface area contributed by atoms with Crippen LogP contribution < -0.4 is 5.14 Å². The first-order valence-electron chi connectivity index (χ1n) is 3.49. The lowest BCUT2D eigenvalue weighted by Crippen LogP contribution is -2.15. The van der Waals surface area contributed by atoms with E-state index in [4.69, 9.17) is 16.7 Å². The van der Waals surface area contributed by atoms with Crippen LogP contribution in [0.15, 0.2) is 0 Å². The number of nitrogens with zero attached hydrogens (tertiary/aromatic N) is 2. The third-order valence-corrected chi connectivity index (χ3v) is 2.78. The Labute approximate surface area is 81.5 Å². The van der Waals surface area contributed by atoms with E-state index < -0.39 is 10.0 Å². The predicted octanol–water partition coefficient (Wildman–Crippen LogP) is 0.170. The highest BCUT2D eigenvalue weighted by Gasteiger charge is 2.15. The molecule has 0 saturated carbocycles. The maximum atomic E-state index is 10.8. The summed E-state index contributed by atoms with van der Waals surface area (Å²) < 4.78 is 23.0. The minimum atomic E-state index is -3.55. The van der Waals surface area contributed by atoms with Crippen molar-refractivity contribution in [2.45, 2.75) is 12.7 Å². The Bertz CT molecular complexity index is 423. The third-order valence-electron chi connectivity index (χ3n) is 1.62. The van der Waals surface area contributed by atoms with E-state index in [0.717, 1.165) is 0 Å². The van der Waals surface area contributed by atoms with Crippen LogP contribution in [0.1, 0.15) is 11.3 Å². The van der Waals surface area contributed by atoms with E-state index in [2.05, 4.69) is 5.10 Å². The standard InChI is InChI=1S/C6H10ClN3O2S/c1-4-5(3-13(8,11)12)6(7)10(2)9-4/h3H2,1-2H3,(H2,8,11,12). The van der Waals surface area contributed by atoms with Gasteiger partial charge in [0.1, 0.15) is 5.15 Å². The number of aryl methyl sites for hydroxylation is 2. The van der Waals surface area contributed by atoms with E-state index in [9.17, 15) is 8.42 Å². The first-order valence-corrected chi connectivity index (χ1v) is 5.59. The second-order valence-electron chi connectivity index (χ2n) is 2.79. The van der Waals surface area contributed by atoms with Crippen molar-refractivity contribution >= 4 is 21.6 Å². The highest BCUT2D eigenvalue weighted by Crippen LogP contribution is 2.19. The van der Waals surface area contributed by atoms with Crippen molar-refractivity contribution in [1.82, 2.24) is 9.78 Å². The number of sulfonamides is 1. The Morgan fingerprint density at radius 3 is 2.46 bits per heavy atom. The summed E-state index contributed by atoms with van der Waals surface area (Å²) in [5.74, 6) is -0.272. The van der Waals surface area contributed by atoms with Crippen LogP contribution in [0, 0.1) is 6.92 Å². The lowest BCUT2D eigenvalue weighted by Gasteiger charge is -1.97. The van der Waals surface area contributed by atoms with E-state index in [1.807, 2.05) is 0 Å². The average molecular weight is 224 g/mol. The lowest BCUT2D eigenvalue weighted by molar-refractivity contribution is 0.597. The van der Waals surface area contributed by atoms with Gasteiger partial charge in [-0.15, -0.1) is 0 Å². The summed E-state index contributed by atoms with van der Waals surface area (Å²) in [6, 6.07) is 0. The van der Waals surface area contributed by atoms with Gasteiger partial charge in [0.2, 0.25) is 10.0 Å². The first-order chi connectivity index (χ1) is 5.81. The molecule has 1 heterocycles. The van der Waals surface area contributed by atoms with Gasteiger partial charge in [-0.25, -0.2) is 13.6 Å². The second kappa shape index (κ2) is 3.28. The largest absolute Gasteiger partial charge is 0.257 e. The Morgan fingerprint density at radius 2 is 2.15 bits per heavy atom. The normalized spacial score (nSPS) is 12.0. The van der Waals surface area contributed by atoms with Crippen LogP contribution in [0.2, 0.25) is 5.15 Å². The van der Waals surface area contributed by atoms with Crippen LogP contribution in [-0.2, 0) is 22.8 Å². The molecule has 0 aliphatic carbocycles. The van der Waals surface area contributed by atoms with Crippen molar-refractivity contribution < 1.29 is 8.42 Å². The van der Waals surface area contributed by atoms with Crippen molar-refractivity contribution in [2.75, 3.05) is 0 Å². The van der Waals surface area contributed by atoms with Crippen molar-refractivity contribution in [1.29, 1.82) is 0 Å². The third kappa shape index (κ3) is 2.43. The molecule has 2 N–H and O–H groups in total. The molecule has 0 spiro atoms. The van der Waals surface area contributed by atoms with Crippen molar-refractivity contribution in [3.63, 3.8) is 0 Å². The summed E-state index contributed by atoms with van der Waals surface area (Å²) in [5, 5.41) is 9.16. The van der Waals surface area contributed by atoms with E-state index >= 15 is 0 Å². The average Bonchev–Trinajstić information content (AvgIpc) is 2.14. The molecule has 0 amide bonds. The van der Waals surface area contributed by atoms with Crippen LogP contribution in [0.5, 0.6) is 0 Å². The van der Waals surface area contributed by atoms with Crippen molar-refractivity contribution in [3.8, 4) is 0 Å². The highest BCUT2D eigenvalue weighted by atomic mass is 35.5. The summed E-state index contributed by atoms with van der Waals surface area (Å²) >= 11 is 5.80. The molecule has 0 aromatic carbocycles. The van der Waals surface area contributed by atoms with Gasteiger partial charge in [0.05, 0.1) is 11.4 Å². The Balaban J connectivity index is 3.15. The van der Waals surface area contributed by atoms with Crippen LogP contribution in [0.4, 0.5) is 0 Å². The zero-order valence-electron chi connectivity index (χ0n) is 7.28. The van der Waals surface area contributed by atoms with Crippen LogP contribution in [0.3, 0.4) is 0 Å². The molecule has 74 valence electrons. The fraction of sp³-hybridized carbons (Fsp3) is 0.500. The molecule has 1 rings (SSSR count). The number of primary sulfonamides is 1. The Kier molecular flexibility index (Phi) is 2.65. The summed E-state index contributed by atoms with van der Waals surface area (Å²) in [5.41, 5.74) is 1.05. The fourth-order valence-electron chi connectivity index (χ4n) is 1.04. The van der Waals surface area contributed by atoms with Crippen LogP contribution >= 0.6 is 11.6 Å². The molecule has 0 saturated heterocycles. The zero-order chi connectivity index (χ0) is 10.2. The number of aromatic nitrogens is 2. The molecule has 0 unspecified atom stereocenters. The maximum Gasteiger partial charge on any atom is 0.213 e. The van der Waals surface area contributed by atoms with Crippen molar-refractivity contribution in [2.24, 2.45) is 12.2 Å². The molecule has 0 bridgehead atoms. The quantitative estimate of drug-likeness (QED) is 0.777. The summed E-state index contributed by atoms with van der Waals surface area (Å²) in [4.78, 5) is 0. The van der Waals surface area contributed by atoms with Gasteiger partial charge in [-0.1, -0.05) is 11.6 Å². The summed E-state index contributed by atoms with van der Waals surface area (Å²) in [7, 11) is -1.91. The van der Waals surface area contributed by atoms with Gasteiger partial charge in [0, 0.05) is 12.6 Å². The Hall–Kier alpha value is -0.590. The van der Waals surface area contributed by atoms with Gasteiger partial charge < -0.3 is 0 Å². The number of halogens is 1. The molecule has 0 atom stereocenters. The molecule has 0 fully saturated rings. The molecule has 0 aliphatic rings. The topological polar surface area (TPSA) is 78.0 Å². The summed E-state index contributed by atoms with van der Waals surface area (Å²) in [6.45, 7) is 1.69. The van der Waals surface area contributed by atoms with Gasteiger partial charge in [0.25, 0.3) is 0 Å². The van der Waals surface area contributed by atoms with Crippen LogP contribution in [-0.4, -0.2) is 18.2 Å². The second-order valence-corrected chi connectivity index (χ2v) is 4.76. The zero-order valence-corrected chi connectivity index (χ0v) is 8.85. The van der Waals surface area contributed by atoms with Crippen LogP contribution in [0.25, 0.3) is 0 Å². The molecule has 1 aromatic rings. The monoisotopic (exact) mass is 223 g/mol. The lowest BCUT2D eigenvalue weighted by atomic mass is 10.3. The predicted molar refractivity (Wildman–Crippen MR) is 49.8 cm³/mol. The number of hydrogen-bond acceptors (Lipinski definition) is 3. The molecular weight excluding hydrogens is 214 g/mol. The molecule has 0 aliphatic heterocycles. The summed E-state index contributed by atoms with van der Waals surface area (Å²) in [6.07, 6.45) is 0. The fourth-order valence-corrected chi connectivity index (χ4v) is 2.11. The SMILES string of the molecule is Cc1nn(C)c(Cl)c1CS(N)(=O)=O. The van der Waals surface area contributed by atoms with E-state index in [1.54, 1.807) is 14.0 Å². The van der Waals surface area contributed by atoms with Gasteiger partial charge >= 0.3 is 0 Å². The Morgan fingerprint density at radius 1 is 1.62 bits per heavy atom. The number of rotatable bonds is 2. The van der Waals surface area contributed by atoms with Gasteiger partial charge in [0.15, 0.2) is 0 Å². The molecule has 1 aromatic heterocycles. The molecule has 7 heteroatoms. The van der Waals surface area contributed by atoms with E-state index in [0.29, 0.717) is 16.4 Å². The van der Waals surface area contributed by atoms with E-state index in [1.165, 1.54) is 4.68 Å². The number of hydrogen-bond donors (Lipinski definition) is 1. The molecule has 13 heavy (non-hydrogen) atoms. The molecule has 0 radical (unpaired) electrons. The minimum absolute atomic E-state index is 0.272. The smallest absolute Gasteiger partial charge is 0.213 e. The van der Waals surface area contributed by atoms with Gasteiger partial charge in [-0.3, -0.25) is 4.68 Å². The first kappa shape index (κ1) is 10.5. The maximum absolute atomic E-state index is 10.8. The number of nitrogens with two attached hydrogens (primary N) is 1. The van der Waals surface area contributed by atoms with Crippen molar-refractivity contribution in [3.05, 3.63) is 16.4 Å². The van der Waals surface area contributed by atoms with E-state index in [-0.39, 0.29) is 5.75 Å². The minimum Gasteiger partial charge on any atom is -0.257 e. The highest BCUT2D eigenvalue weighted by molar-refractivity contribution is 7.88.